The Bertz CT molecular complexity index is 825. The summed E-state index contributed by atoms with van der Waals surface area (Å²) >= 11 is 0. The lowest BCUT2D eigenvalue weighted by Gasteiger charge is -2.07. The number of para-hydroxylation sites is 1. The van der Waals surface area contributed by atoms with Crippen LogP contribution in [0.5, 0.6) is 0 Å². The molecule has 0 aliphatic heterocycles. The summed E-state index contributed by atoms with van der Waals surface area (Å²) in [6, 6.07) is 15.5. The van der Waals surface area contributed by atoms with Gasteiger partial charge < -0.3 is 10.4 Å². The number of nitrogens with zero attached hydrogens (tertiary/aromatic N) is 2. The summed E-state index contributed by atoms with van der Waals surface area (Å²) in [7, 11) is 0. The summed E-state index contributed by atoms with van der Waals surface area (Å²) in [5.74, 6) is 0.733. The molecule has 0 unspecified atom stereocenters. The van der Waals surface area contributed by atoms with Crippen molar-refractivity contribution in [3.8, 4) is 5.69 Å². The van der Waals surface area contributed by atoms with Gasteiger partial charge in [-0.1, -0.05) is 18.2 Å². The minimum Gasteiger partial charge on any atom is -0.396 e. The third kappa shape index (κ3) is 3.10. The normalized spacial score (nSPS) is 10.9. The van der Waals surface area contributed by atoms with E-state index in [1.807, 2.05) is 43.3 Å². The van der Waals surface area contributed by atoms with E-state index < -0.39 is 0 Å². The zero-order chi connectivity index (χ0) is 16.2. The van der Waals surface area contributed by atoms with Gasteiger partial charge in [-0.25, -0.2) is 4.98 Å². The van der Waals surface area contributed by atoms with Gasteiger partial charge in [-0.2, -0.15) is 0 Å². The lowest BCUT2D eigenvalue weighted by molar-refractivity contribution is 0.0951. The van der Waals surface area contributed by atoms with Gasteiger partial charge in [-0.05, 0) is 43.7 Å². The van der Waals surface area contributed by atoms with E-state index in [9.17, 15) is 4.79 Å². The Balaban J connectivity index is 1.95. The average molecular weight is 309 g/mol. The van der Waals surface area contributed by atoms with Gasteiger partial charge in [0.25, 0.3) is 5.91 Å². The molecule has 1 amide bonds. The molecule has 0 atom stereocenters. The maximum Gasteiger partial charge on any atom is 0.251 e. The molecule has 5 nitrogen and oxygen atoms in total. The Kier molecular flexibility index (Phi) is 4.39. The Morgan fingerprint density at radius 2 is 2.00 bits per heavy atom. The lowest BCUT2D eigenvalue weighted by Crippen LogP contribution is -2.24. The van der Waals surface area contributed by atoms with E-state index in [-0.39, 0.29) is 12.5 Å². The molecule has 0 fully saturated rings. The van der Waals surface area contributed by atoms with Crippen LogP contribution in [-0.4, -0.2) is 33.7 Å². The molecule has 0 aliphatic carbocycles. The summed E-state index contributed by atoms with van der Waals surface area (Å²) in [6.07, 6.45) is 0.551. The summed E-state index contributed by atoms with van der Waals surface area (Å²) in [5.41, 5.74) is 3.39. The molecule has 0 aliphatic rings. The predicted molar refractivity (Wildman–Crippen MR) is 89.8 cm³/mol. The van der Waals surface area contributed by atoms with E-state index in [0.29, 0.717) is 18.5 Å². The number of fused-ring (bicyclic) bond motifs is 1. The minimum absolute atomic E-state index is 0.0694. The van der Waals surface area contributed by atoms with Gasteiger partial charge in [0.05, 0.1) is 11.0 Å². The topological polar surface area (TPSA) is 67.2 Å². The molecule has 3 aromatic rings. The molecule has 2 N–H and O–H groups in total. The molecule has 3 rings (SSSR count). The molecule has 118 valence electrons. The van der Waals surface area contributed by atoms with E-state index in [2.05, 4.69) is 14.9 Å². The predicted octanol–water partition coefficient (Wildman–Crippen LogP) is 2.45. The van der Waals surface area contributed by atoms with E-state index in [1.54, 1.807) is 12.1 Å². The Morgan fingerprint density at radius 3 is 2.74 bits per heavy atom. The second-order valence-electron chi connectivity index (χ2n) is 5.37. The number of benzene rings is 2. The third-order valence-electron chi connectivity index (χ3n) is 3.72. The highest BCUT2D eigenvalue weighted by Gasteiger charge is 2.12. The highest BCUT2D eigenvalue weighted by molar-refractivity contribution is 5.97. The van der Waals surface area contributed by atoms with Crippen molar-refractivity contribution in [2.45, 2.75) is 13.3 Å². The maximum absolute atomic E-state index is 12.1. The van der Waals surface area contributed by atoms with E-state index in [1.165, 1.54) is 0 Å². The van der Waals surface area contributed by atoms with Gasteiger partial charge >= 0.3 is 0 Å². The van der Waals surface area contributed by atoms with Crippen LogP contribution in [0.15, 0.2) is 48.5 Å². The SMILES string of the molecule is Cc1nc2cc(C(=O)NCCCO)ccc2n1-c1ccccc1. The van der Waals surface area contributed by atoms with Crippen LogP contribution in [0.2, 0.25) is 0 Å². The van der Waals surface area contributed by atoms with Crippen LogP contribution in [0.1, 0.15) is 22.6 Å². The quantitative estimate of drug-likeness (QED) is 0.711. The molecule has 0 saturated carbocycles. The number of nitrogens with one attached hydrogen (secondary N) is 1. The third-order valence-corrected chi connectivity index (χ3v) is 3.72. The summed E-state index contributed by atoms with van der Waals surface area (Å²) in [5, 5.41) is 11.6. The monoisotopic (exact) mass is 309 g/mol. The summed E-state index contributed by atoms with van der Waals surface area (Å²) in [4.78, 5) is 16.7. The van der Waals surface area contributed by atoms with Gasteiger partial charge in [0.2, 0.25) is 0 Å². The van der Waals surface area contributed by atoms with Crippen molar-refractivity contribution in [3.05, 3.63) is 59.9 Å². The van der Waals surface area contributed by atoms with Crippen LogP contribution in [0, 0.1) is 6.92 Å². The number of rotatable bonds is 5. The maximum atomic E-state index is 12.1. The van der Waals surface area contributed by atoms with E-state index in [4.69, 9.17) is 5.11 Å². The molecule has 0 bridgehead atoms. The second-order valence-corrected chi connectivity index (χ2v) is 5.37. The van der Waals surface area contributed by atoms with E-state index in [0.717, 1.165) is 22.5 Å². The molecule has 0 radical (unpaired) electrons. The molecule has 0 saturated heterocycles. The molecule has 1 heterocycles. The smallest absolute Gasteiger partial charge is 0.251 e. The van der Waals surface area contributed by atoms with Crippen LogP contribution in [0.25, 0.3) is 16.7 Å². The van der Waals surface area contributed by atoms with Crippen LogP contribution in [0.4, 0.5) is 0 Å². The standard InChI is InChI=1S/C18H19N3O2/c1-13-20-16-12-14(18(23)19-10-5-11-22)8-9-17(16)21(13)15-6-3-2-4-7-15/h2-4,6-9,12,22H,5,10-11H2,1H3,(H,19,23). The van der Waals surface area contributed by atoms with Crippen molar-refractivity contribution >= 4 is 16.9 Å². The number of aryl methyl sites for hydroxylation is 1. The van der Waals surface area contributed by atoms with Crippen molar-refractivity contribution in [3.63, 3.8) is 0 Å². The van der Waals surface area contributed by atoms with E-state index >= 15 is 0 Å². The molecular weight excluding hydrogens is 290 g/mol. The van der Waals surface area contributed by atoms with Crippen molar-refractivity contribution < 1.29 is 9.90 Å². The Labute approximate surface area is 134 Å². The highest BCUT2D eigenvalue weighted by Crippen LogP contribution is 2.22. The van der Waals surface area contributed by atoms with Gasteiger partial charge in [-0.15, -0.1) is 0 Å². The van der Waals surface area contributed by atoms with Crippen molar-refractivity contribution in [1.82, 2.24) is 14.9 Å². The number of aliphatic hydroxyl groups is 1. The Morgan fingerprint density at radius 1 is 1.22 bits per heavy atom. The van der Waals surface area contributed by atoms with Gasteiger partial charge in [0, 0.05) is 24.4 Å². The zero-order valence-electron chi connectivity index (χ0n) is 13.0. The largest absolute Gasteiger partial charge is 0.396 e. The lowest BCUT2D eigenvalue weighted by atomic mass is 10.2. The fourth-order valence-corrected chi connectivity index (χ4v) is 2.63. The number of aliphatic hydroxyl groups excluding tert-OH is 1. The molecule has 2 aromatic carbocycles. The van der Waals surface area contributed by atoms with Crippen molar-refractivity contribution in [1.29, 1.82) is 0 Å². The molecule has 1 aromatic heterocycles. The molecule has 0 spiro atoms. The van der Waals surface area contributed by atoms with Crippen LogP contribution in [-0.2, 0) is 0 Å². The Hall–Kier alpha value is -2.66. The highest BCUT2D eigenvalue weighted by atomic mass is 16.3. The first kappa shape index (κ1) is 15.2. The molecular formula is C18H19N3O2. The summed E-state index contributed by atoms with van der Waals surface area (Å²) < 4.78 is 2.07. The molecule has 5 heteroatoms. The number of amides is 1. The van der Waals surface area contributed by atoms with Gasteiger partial charge in [0.15, 0.2) is 0 Å². The zero-order valence-corrected chi connectivity index (χ0v) is 13.0. The number of carbonyl (C=O) groups excluding carboxylic acids is 1. The first-order valence-corrected chi connectivity index (χ1v) is 7.64. The van der Waals surface area contributed by atoms with Crippen molar-refractivity contribution in [2.75, 3.05) is 13.2 Å². The van der Waals surface area contributed by atoms with Gasteiger partial charge in [0.1, 0.15) is 5.82 Å². The van der Waals surface area contributed by atoms with Crippen LogP contribution >= 0.6 is 0 Å². The number of aromatic nitrogens is 2. The number of hydrogen-bond acceptors (Lipinski definition) is 3. The van der Waals surface area contributed by atoms with Crippen LogP contribution < -0.4 is 5.32 Å². The fraction of sp³-hybridized carbons (Fsp3) is 0.222. The van der Waals surface area contributed by atoms with Crippen molar-refractivity contribution in [2.24, 2.45) is 0 Å². The first-order valence-electron chi connectivity index (χ1n) is 7.64. The first-order chi connectivity index (χ1) is 11.2. The second kappa shape index (κ2) is 6.62. The minimum atomic E-state index is -0.146. The van der Waals surface area contributed by atoms with Gasteiger partial charge in [-0.3, -0.25) is 9.36 Å². The summed E-state index contributed by atoms with van der Waals surface area (Å²) in [6.45, 7) is 2.48. The fourth-order valence-electron chi connectivity index (χ4n) is 2.63. The number of imidazole rings is 1. The van der Waals surface area contributed by atoms with Crippen LogP contribution in [0.3, 0.4) is 0 Å². The number of carbonyl (C=O) groups is 1. The average Bonchev–Trinajstić information content (AvgIpc) is 2.90. The number of hydrogen-bond donors (Lipinski definition) is 2. The molecule has 23 heavy (non-hydrogen) atoms.